The first-order chi connectivity index (χ1) is 9.68. The molecule has 9 heteroatoms. The predicted octanol–water partition coefficient (Wildman–Crippen LogP) is 0.00170. The highest BCUT2D eigenvalue weighted by molar-refractivity contribution is 7.90. The molecule has 0 fully saturated rings. The van der Waals surface area contributed by atoms with Crippen LogP contribution in [0.3, 0.4) is 0 Å². The lowest BCUT2D eigenvalue weighted by atomic mass is 10.3. The van der Waals surface area contributed by atoms with Crippen molar-refractivity contribution in [1.29, 1.82) is 0 Å². The minimum absolute atomic E-state index is 0.00906. The lowest BCUT2D eigenvalue weighted by molar-refractivity contribution is 0.340. The zero-order valence-corrected chi connectivity index (χ0v) is 13.4. The Morgan fingerprint density at radius 3 is 2.52 bits per heavy atom. The van der Waals surface area contributed by atoms with Crippen molar-refractivity contribution in [1.82, 2.24) is 4.72 Å². The monoisotopic (exact) mass is 336 g/mol. The second kappa shape index (κ2) is 7.62. The van der Waals surface area contributed by atoms with Gasteiger partial charge in [0.15, 0.2) is 0 Å². The lowest BCUT2D eigenvalue weighted by Crippen LogP contribution is -2.30. The maximum absolute atomic E-state index is 11.6. The largest absolute Gasteiger partial charge is 0.492 e. The average molecular weight is 336 g/mol. The molecule has 0 spiro atoms. The Bertz CT molecular complexity index is 656. The maximum Gasteiger partial charge on any atom is 0.214 e. The highest BCUT2D eigenvalue weighted by atomic mass is 32.2. The Morgan fingerprint density at radius 2 is 1.90 bits per heavy atom. The Labute approximate surface area is 125 Å². The van der Waals surface area contributed by atoms with E-state index in [2.05, 4.69) is 4.72 Å². The molecule has 0 bridgehead atoms. The predicted molar refractivity (Wildman–Crippen MR) is 82.5 cm³/mol. The number of sulfone groups is 1. The van der Waals surface area contributed by atoms with Gasteiger partial charge in [-0.25, -0.2) is 21.6 Å². The van der Waals surface area contributed by atoms with Gasteiger partial charge in [-0.15, -0.1) is 0 Å². The van der Waals surface area contributed by atoms with Crippen LogP contribution >= 0.6 is 0 Å². The molecule has 1 aromatic carbocycles. The van der Waals surface area contributed by atoms with Crippen molar-refractivity contribution in [3.05, 3.63) is 24.3 Å². The number of ether oxygens (including phenoxy) is 1. The van der Waals surface area contributed by atoms with Gasteiger partial charge in [0.05, 0.1) is 11.5 Å². The summed E-state index contributed by atoms with van der Waals surface area (Å²) in [6.45, 7) is 0.0819. The molecule has 3 N–H and O–H groups in total. The van der Waals surface area contributed by atoms with E-state index in [1.807, 2.05) is 0 Å². The molecule has 0 aromatic heterocycles. The third kappa shape index (κ3) is 8.53. The number of nitrogen functional groups attached to an aromatic ring is 1. The summed E-state index contributed by atoms with van der Waals surface area (Å²) in [5.74, 6) is 0.248. The van der Waals surface area contributed by atoms with Crippen LogP contribution < -0.4 is 15.2 Å². The maximum atomic E-state index is 11.6. The normalized spacial score (nSPS) is 12.2. The SMILES string of the molecule is CS(=O)(=O)CCCNS(=O)(=O)CCOc1cccc(N)c1. The Balaban J connectivity index is 2.30. The van der Waals surface area contributed by atoms with Crippen molar-refractivity contribution < 1.29 is 21.6 Å². The van der Waals surface area contributed by atoms with E-state index in [9.17, 15) is 16.8 Å². The van der Waals surface area contributed by atoms with Gasteiger partial charge in [0.2, 0.25) is 10.0 Å². The van der Waals surface area contributed by atoms with Crippen LogP contribution in [0.1, 0.15) is 6.42 Å². The molecule has 0 atom stereocenters. The number of rotatable bonds is 9. The molecule has 120 valence electrons. The van der Waals surface area contributed by atoms with Crippen LogP contribution in [0.4, 0.5) is 5.69 Å². The highest BCUT2D eigenvalue weighted by Gasteiger charge is 2.10. The van der Waals surface area contributed by atoms with Crippen LogP contribution in [0.15, 0.2) is 24.3 Å². The summed E-state index contributed by atoms with van der Waals surface area (Å²) < 4.78 is 52.7. The Hall–Kier alpha value is -1.32. The number of hydrogen-bond acceptors (Lipinski definition) is 6. The third-order valence-electron chi connectivity index (χ3n) is 2.49. The van der Waals surface area contributed by atoms with Gasteiger partial charge in [0, 0.05) is 24.6 Å². The van der Waals surface area contributed by atoms with Gasteiger partial charge in [-0.2, -0.15) is 0 Å². The molecular weight excluding hydrogens is 316 g/mol. The number of nitrogens with one attached hydrogen (secondary N) is 1. The molecule has 0 amide bonds. The van der Waals surface area contributed by atoms with Crippen molar-refractivity contribution in [2.45, 2.75) is 6.42 Å². The summed E-state index contributed by atoms with van der Waals surface area (Å²) in [7, 11) is -6.55. The van der Waals surface area contributed by atoms with Crippen LogP contribution in [-0.2, 0) is 19.9 Å². The van der Waals surface area contributed by atoms with Crippen LogP contribution in [0.25, 0.3) is 0 Å². The summed E-state index contributed by atoms with van der Waals surface area (Å²) in [6, 6.07) is 6.70. The second-order valence-corrected chi connectivity index (χ2v) is 8.80. The van der Waals surface area contributed by atoms with E-state index in [1.54, 1.807) is 24.3 Å². The zero-order valence-electron chi connectivity index (χ0n) is 11.8. The van der Waals surface area contributed by atoms with Crippen LogP contribution in [0.5, 0.6) is 5.75 Å². The summed E-state index contributed by atoms with van der Waals surface area (Å²) in [4.78, 5) is 0. The van der Waals surface area contributed by atoms with Gasteiger partial charge in [-0.3, -0.25) is 0 Å². The average Bonchev–Trinajstić information content (AvgIpc) is 2.33. The minimum atomic E-state index is -3.48. The molecule has 0 saturated carbocycles. The van der Waals surface area contributed by atoms with E-state index in [0.29, 0.717) is 11.4 Å². The Morgan fingerprint density at radius 1 is 1.19 bits per heavy atom. The lowest BCUT2D eigenvalue weighted by Gasteiger charge is -2.08. The molecule has 0 aliphatic rings. The fourth-order valence-corrected chi connectivity index (χ4v) is 3.08. The van der Waals surface area contributed by atoms with Crippen LogP contribution in [0, 0.1) is 0 Å². The van der Waals surface area contributed by atoms with E-state index < -0.39 is 19.9 Å². The number of anilines is 1. The fraction of sp³-hybridized carbons (Fsp3) is 0.500. The van der Waals surface area contributed by atoms with Gasteiger partial charge >= 0.3 is 0 Å². The Kier molecular flexibility index (Phi) is 6.43. The molecule has 0 aliphatic carbocycles. The number of benzene rings is 1. The molecule has 0 heterocycles. The quantitative estimate of drug-likeness (QED) is 0.484. The van der Waals surface area contributed by atoms with Crippen LogP contribution in [0.2, 0.25) is 0 Å². The van der Waals surface area contributed by atoms with Crippen LogP contribution in [-0.4, -0.2) is 47.7 Å². The zero-order chi connectivity index (χ0) is 15.9. The molecular formula is C12H20N2O5S2. The molecule has 0 aliphatic heterocycles. The summed E-state index contributed by atoms with van der Waals surface area (Å²) in [6.07, 6.45) is 1.36. The van der Waals surface area contributed by atoms with E-state index >= 15 is 0 Å². The summed E-state index contributed by atoms with van der Waals surface area (Å²) in [5.41, 5.74) is 6.11. The number of hydrogen-bond donors (Lipinski definition) is 2. The molecule has 1 aromatic rings. The minimum Gasteiger partial charge on any atom is -0.492 e. The fourth-order valence-electron chi connectivity index (χ4n) is 1.51. The van der Waals surface area contributed by atoms with Gasteiger partial charge in [-0.1, -0.05) is 6.07 Å². The van der Waals surface area contributed by atoms with E-state index in [0.717, 1.165) is 6.26 Å². The van der Waals surface area contributed by atoms with Crippen molar-refractivity contribution in [3.8, 4) is 5.75 Å². The topological polar surface area (TPSA) is 116 Å². The van der Waals surface area contributed by atoms with Gasteiger partial charge < -0.3 is 10.5 Å². The van der Waals surface area contributed by atoms with Gasteiger partial charge in [0.1, 0.15) is 22.2 Å². The van der Waals surface area contributed by atoms with Gasteiger partial charge in [-0.05, 0) is 18.6 Å². The van der Waals surface area contributed by atoms with Gasteiger partial charge in [0.25, 0.3) is 0 Å². The summed E-state index contributed by atoms with van der Waals surface area (Å²) >= 11 is 0. The van der Waals surface area contributed by atoms with E-state index in [4.69, 9.17) is 10.5 Å². The molecule has 0 saturated heterocycles. The molecule has 7 nitrogen and oxygen atoms in total. The molecule has 0 unspecified atom stereocenters. The first-order valence-electron chi connectivity index (χ1n) is 6.31. The standard InChI is InChI=1S/C12H20N2O5S2/c1-20(15,16)8-3-6-14-21(17,18)9-7-19-12-5-2-4-11(13)10-12/h2,4-5,10,14H,3,6-9,13H2,1H3. The van der Waals surface area contributed by atoms with E-state index in [-0.39, 0.29) is 31.1 Å². The smallest absolute Gasteiger partial charge is 0.214 e. The third-order valence-corrected chi connectivity index (χ3v) is 4.87. The first kappa shape index (κ1) is 17.7. The van der Waals surface area contributed by atoms with Crippen molar-refractivity contribution in [3.63, 3.8) is 0 Å². The molecule has 21 heavy (non-hydrogen) atoms. The number of sulfonamides is 1. The highest BCUT2D eigenvalue weighted by Crippen LogP contribution is 2.14. The number of nitrogens with two attached hydrogens (primary N) is 1. The molecule has 1 rings (SSSR count). The van der Waals surface area contributed by atoms with Crippen molar-refractivity contribution in [2.75, 3.05) is 36.6 Å². The first-order valence-corrected chi connectivity index (χ1v) is 10.0. The summed E-state index contributed by atoms with van der Waals surface area (Å²) in [5, 5.41) is 0. The van der Waals surface area contributed by atoms with Crippen molar-refractivity contribution >= 4 is 25.5 Å². The second-order valence-electron chi connectivity index (χ2n) is 4.62. The van der Waals surface area contributed by atoms with E-state index in [1.165, 1.54) is 0 Å². The van der Waals surface area contributed by atoms with Crippen molar-refractivity contribution in [2.24, 2.45) is 0 Å². The molecule has 0 radical (unpaired) electrons.